The number of allylic oxidation sites excluding steroid dienone is 1. The van der Waals surface area contributed by atoms with E-state index in [9.17, 15) is 9.90 Å². The van der Waals surface area contributed by atoms with E-state index in [1.807, 2.05) is 51.1 Å². The van der Waals surface area contributed by atoms with Crippen LogP contribution in [-0.2, 0) is 9.53 Å². The molecule has 5 heteroatoms. The van der Waals surface area contributed by atoms with E-state index in [1.54, 1.807) is 12.2 Å². The van der Waals surface area contributed by atoms with E-state index in [2.05, 4.69) is 0 Å². The normalized spacial score (nSPS) is 20.8. The molecule has 1 aliphatic heterocycles. The van der Waals surface area contributed by atoms with Crippen molar-refractivity contribution in [3.63, 3.8) is 0 Å². The highest BCUT2D eigenvalue weighted by Crippen LogP contribution is 2.32. The van der Waals surface area contributed by atoms with Gasteiger partial charge in [-0.15, -0.1) is 0 Å². The number of aliphatic hydroxyl groups is 1. The molecule has 1 heterocycles. The van der Waals surface area contributed by atoms with E-state index < -0.39 is 12.0 Å². The van der Waals surface area contributed by atoms with Gasteiger partial charge in [0.2, 0.25) is 5.91 Å². The van der Waals surface area contributed by atoms with Crippen LogP contribution in [0.5, 0.6) is 0 Å². The molecule has 1 aromatic carbocycles. The summed E-state index contributed by atoms with van der Waals surface area (Å²) in [6, 6.07) is 9.44. The SMILES string of the molecule is C/C=C/[C@@H](O)[C@@H](C(=O)N1C(=S)OC[C@H]1c1ccccc1)C(C)C. The van der Waals surface area contributed by atoms with Gasteiger partial charge in [-0.05, 0) is 30.6 Å². The number of carbonyl (C=O) groups is 1. The van der Waals surface area contributed by atoms with Crippen molar-refractivity contribution >= 4 is 23.3 Å². The maximum Gasteiger partial charge on any atom is 0.266 e. The number of carbonyl (C=O) groups excluding carboxylic acids is 1. The van der Waals surface area contributed by atoms with Crippen LogP contribution in [0.3, 0.4) is 0 Å². The lowest BCUT2D eigenvalue weighted by atomic mass is 9.88. The van der Waals surface area contributed by atoms with Gasteiger partial charge in [0.05, 0.1) is 18.1 Å². The highest BCUT2D eigenvalue weighted by Gasteiger charge is 2.41. The number of rotatable bonds is 5. The Kier molecular flexibility index (Phi) is 5.91. The zero-order valence-corrected chi connectivity index (χ0v) is 14.5. The summed E-state index contributed by atoms with van der Waals surface area (Å²) < 4.78 is 5.46. The van der Waals surface area contributed by atoms with Crippen molar-refractivity contribution in [3.05, 3.63) is 48.0 Å². The molecule has 0 radical (unpaired) electrons. The van der Waals surface area contributed by atoms with Gasteiger partial charge in [0.15, 0.2) is 0 Å². The monoisotopic (exact) mass is 333 g/mol. The van der Waals surface area contributed by atoms with E-state index in [0.29, 0.717) is 6.61 Å². The average molecular weight is 333 g/mol. The molecule has 0 spiro atoms. The van der Waals surface area contributed by atoms with Crippen molar-refractivity contribution in [1.82, 2.24) is 4.90 Å². The molecule has 1 fully saturated rings. The minimum atomic E-state index is -0.840. The van der Waals surface area contributed by atoms with Crippen molar-refractivity contribution < 1.29 is 14.6 Å². The predicted octanol–water partition coefficient (Wildman–Crippen LogP) is 3.08. The summed E-state index contributed by atoms with van der Waals surface area (Å²) >= 11 is 5.23. The predicted molar refractivity (Wildman–Crippen MR) is 93.7 cm³/mol. The first-order valence-corrected chi connectivity index (χ1v) is 8.23. The van der Waals surface area contributed by atoms with E-state index in [0.717, 1.165) is 5.56 Å². The molecular formula is C18H23NO3S. The molecule has 2 rings (SSSR count). The first-order valence-electron chi connectivity index (χ1n) is 7.83. The van der Waals surface area contributed by atoms with Crippen molar-refractivity contribution in [3.8, 4) is 0 Å². The van der Waals surface area contributed by atoms with E-state index in [-0.39, 0.29) is 23.0 Å². The Bertz CT molecular complexity index is 585. The highest BCUT2D eigenvalue weighted by molar-refractivity contribution is 7.80. The molecule has 1 aromatic rings. The summed E-state index contributed by atoms with van der Waals surface area (Å²) in [5.74, 6) is -0.771. The van der Waals surface area contributed by atoms with Crippen molar-refractivity contribution in [1.29, 1.82) is 0 Å². The van der Waals surface area contributed by atoms with Gasteiger partial charge in [-0.1, -0.05) is 56.3 Å². The number of amides is 1. The summed E-state index contributed by atoms with van der Waals surface area (Å²) in [5.41, 5.74) is 0.976. The number of hydrogen-bond donors (Lipinski definition) is 1. The van der Waals surface area contributed by atoms with Gasteiger partial charge in [0.25, 0.3) is 5.17 Å². The molecule has 1 N–H and O–H groups in total. The Morgan fingerprint density at radius 3 is 2.61 bits per heavy atom. The minimum absolute atomic E-state index is 0.0199. The molecule has 0 aromatic heterocycles. The van der Waals surface area contributed by atoms with Crippen LogP contribution >= 0.6 is 12.2 Å². The van der Waals surface area contributed by atoms with E-state index in [4.69, 9.17) is 17.0 Å². The molecule has 0 bridgehead atoms. The van der Waals surface area contributed by atoms with Gasteiger partial charge in [0.1, 0.15) is 6.61 Å². The van der Waals surface area contributed by atoms with Gasteiger partial charge >= 0.3 is 0 Å². The fourth-order valence-corrected chi connectivity index (χ4v) is 3.17. The third-order valence-corrected chi connectivity index (χ3v) is 4.37. The van der Waals surface area contributed by atoms with Crippen LogP contribution in [0.15, 0.2) is 42.5 Å². The largest absolute Gasteiger partial charge is 0.468 e. The van der Waals surface area contributed by atoms with E-state index >= 15 is 0 Å². The van der Waals surface area contributed by atoms with Gasteiger partial charge in [-0.25, -0.2) is 0 Å². The molecule has 0 unspecified atom stereocenters. The molecule has 0 saturated carbocycles. The summed E-state index contributed by atoms with van der Waals surface area (Å²) in [5, 5.41) is 10.5. The quantitative estimate of drug-likeness (QED) is 0.664. The maximum atomic E-state index is 13.1. The zero-order valence-electron chi connectivity index (χ0n) is 13.7. The van der Waals surface area contributed by atoms with E-state index in [1.165, 1.54) is 4.90 Å². The Hall–Kier alpha value is -1.72. The second-order valence-electron chi connectivity index (χ2n) is 6.00. The molecule has 1 aliphatic rings. The number of benzene rings is 1. The Labute approximate surface area is 142 Å². The lowest BCUT2D eigenvalue weighted by Crippen LogP contribution is -2.44. The summed E-state index contributed by atoms with van der Waals surface area (Å²) in [6.45, 7) is 6.01. The lowest BCUT2D eigenvalue weighted by molar-refractivity contribution is -0.137. The minimum Gasteiger partial charge on any atom is -0.468 e. The van der Waals surface area contributed by atoms with Crippen LogP contribution in [0.4, 0.5) is 0 Å². The third kappa shape index (κ3) is 3.79. The van der Waals surface area contributed by atoms with Crippen molar-refractivity contribution in [2.24, 2.45) is 11.8 Å². The van der Waals surface area contributed by atoms with Gasteiger partial charge in [-0.3, -0.25) is 9.69 Å². The number of thiocarbonyl (C=S) groups is 1. The first-order chi connectivity index (χ1) is 11.0. The Morgan fingerprint density at radius 1 is 1.39 bits per heavy atom. The van der Waals surface area contributed by atoms with Gasteiger partial charge < -0.3 is 9.84 Å². The summed E-state index contributed by atoms with van der Waals surface area (Å²) in [7, 11) is 0. The molecule has 4 nitrogen and oxygen atoms in total. The highest BCUT2D eigenvalue weighted by atomic mass is 32.1. The molecular weight excluding hydrogens is 310 g/mol. The van der Waals surface area contributed by atoms with Crippen LogP contribution < -0.4 is 0 Å². The second kappa shape index (κ2) is 7.70. The van der Waals surface area contributed by atoms with Crippen LogP contribution in [0.1, 0.15) is 32.4 Å². The lowest BCUT2D eigenvalue weighted by Gasteiger charge is -2.30. The molecule has 124 valence electrons. The summed E-state index contributed by atoms with van der Waals surface area (Å²) in [6.07, 6.45) is 2.55. The molecule has 1 saturated heterocycles. The fraction of sp³-hybridized carbons (Fsp3) is 0.444. The maximum absolute atomic E-state index is 13.1. The smallest absolute Gasteiger partial charge is 0.266 e. The molecule has 1 amide bonds. The first kappa shape index (κ1) is 17.6. The number of ether oxygens (including phenoxy) is 1. The standard InChI is InChI=1S/C18H23NO3S/c1-4-8-15(20)16(12(2)3)17(21)19-14(11-22-18(19)23)13-9-6-5-7-10-13/h4-10,12,14-16,20H,11H2,1-3H3/b8-4+/t14-,15+,16-/m0/s1. The number of nitrogens with zero attached hydrogens (tertiary/aromatic N) is 1. The number of aliphatic hydroxyl groups excluding tert-OH is 1. The van der Waals surface area contributed by atoms with Crippen LogP contribution in [-0.4, -0.2) is 33.8 Å². The fourth-order valence-electron chi connectivity index (χ4n) is 2.89. The molecule has 3 atom stereocenters. The third-order valence-electron chi connectivity index (χ3n) is 4.06. The number of hydrogen-bond acceptors (Lipinski definition) is 4. The molecule has 23 heavy (non-hydrogen) atoms. The van der Waals surface area contributed by atoms with Crippen LogP contribution in [0.25, 0.3) is 0 Å². The topological polar surface area (TPSA) is 49.8 Å². The Morgan fingerprint density at radius 2 is 2.04 bits per heavy atom. The van der Waals surface area contributed by atoms with Crippen molar-refractivity contribution in [2.75, 3.05) is 6.61 Å². The second-order valence-corrected chi connectivity index (χ2v) is 6.35. The van der Waals surface area contributed by atoms with Crippen LogP contribution in [0.2, 0.25) is 0 Å². The summed E-state index contributed by atoms with van der Waals surface area (Å²) in [4.78, 5) is 14.6. The molecule has 0 aliphatic carbocycles. The Balaban J connectivity index is 2.31. The van der Waals surface area contributed by atoms with Gasteiger partial charge in [-0.2, -0.15) is 0 Å². The zero-order chi connectivity index (χ0) is 17.0. The van der Waals surface area contributed by atoms with Gasteiger partial charge in [0, 0.05) is 0 Å². The average Bonchev–Trinajstić information content (AvgIpc) is 2.90. The van der Waals surface area contributed by atoms with Crippen LogP contribution in [0, 0.1) is 11.8 Å². The van der Waals surface area contributed by atoms with Crippen molar-refractivity contribution in [2.45, 2.75) is 32.9 Å².